The van der Waals surface area contributed by atoms with Gasteiger partial charge in [0.15, 0.2) is 5.69 Å². The monoisotopic (exact) mass is 285 g/mol. The lowest BCUT2D eigenvalue weighted by Crippen LogP contribution is -2.10. The molecule has 1 aromatic carbocycles. The van der Waals surface area contributed by atoms with Gasteiger partial charge in [0.05, 0.1) is 0 Å². The number of carboxylic acids is 1. The molecular formula is C16H19N3O2. The molecule has 110 valence electrons. The normalized spacial score (nSPS) is 10.4. The Bertz CT molecular complexity index is 641. The van der Waals surface area contributed by atoms with Gasteiger partial charge in [-0.25, -0.2) is 14.8 Å². The molecule has 0 saturated heterocycles. The average molecular weight is 285 g/mol. The van der Waals surface area contributed by atoms with Gasteiger partial charge in [0.1, 0.15) is 11.6 Å². The summed E-state index contributed by atoms with van der Waals surface area (Å²) >= 11 is 0. The minimum atomic E-state index is -1.04. The van der Waals surface area contributed by atoms with Crippen molar-refractivity contribution in [3.63, 3.8) is 0 Å². The SMILES string of the molecule is CCCNc1cc(C(=O)O)nc(Cc2ccccc2C)n1. The lowest BCUT2D eigenvalue weighted by atomic mass is 10.1. The van der Waals surface area contributed by atoms with Crippen molar-refractivity contribution in [2.75, 3.05) is 11.9 Å². The third-order valence-corrected chi connectivity index (χ3v) is 3.16. The summed E-state index contributed by atoms with van der Waals surface area (Å²) in [4.78, 5) is 19.7. The molecule has 2 rings (SSSR count). The molecule has 0 aliphatic heterocycles. The number of benzene rings is 1. The molecule has 1 aromatic heterocycles. The first-order chi connectivity index (χ1) is 10.1. The molecule has 0 unspecified atom stereocenters. The average Bonchev–Trinajstić information content (AvgIpc) is 2.47. The highest BCUT2D eigenvalue weighted by Gasteiger charge is 2.11. The van der Waals surface area contributed by atoms with Gasteiger partial charge >= 0.3 is 5.97 Å². The molecule has 0 fully saturated rings. The van der Waals surface area contributed by atoms with Crippen LogP contribution in [0.25, 0.3) is 0 Å². The predicted octanol–water partition coefficient (Wildman–Crippen LogP) is 2.90. The van der Waals surface area contributed by atoms with Crippen LogP contribution in [-0.4, -0.2) is 27.6 Å². The zero-order valence-corrected chi connectivity index (χ0v) is 12.3. The molecule has 2 aromatic rings. The van der Waals surface area contributed by atoms with Crippen molar-refractivity contribution < 1.29 is 9.90 Å². The summed E-state index contributed by atoms with van der Waals surface area (Å²) in [6.45, 7) is 4.81. The first-order valence-corrected chi connectivity index (χ1v) is 6.99. The third kappa shape index (κ3) is 4.02. The lowest BCUT2D eigenvalue weighted by Gasteiger charge is -2.09. The highest BCUT2D eigenvalue weighted by molar-refractivity contribution is 5.86. The van der Waals surface area contributed by atoms with Crippen molar-refractivity contribution in [1.29, 1.82) is 0 Å². The summed E-state index contributed by atoms with van der Waals surface area (Å²) in [5.74, 6) is 0.0404. The Hall–Kier alpha value is -2.43. The van der Waals surface area contributed by atoms with Gasteiger partial charge < -0.3 is 10.4 Å². The molecule has 0 spiro atoms. The molecule has 2 N–H and O–H groups in total. The molecule has 21 heavy (non-hydrogen) atoms. The Labute approximate surface area is 124 Å². The molecule has 0 radical (unpaired) electrons. The van der Waals surface area contributed by atoms with Crippen molar-refractivity contribution in [2.24, 2.45) is 0 Å². The van der Waals surface area contributed by atoms with Crippen LogP contribution < -0.4 is 5.32 Å². The van der Waals surface area contributed by atoms with Crippen molar-refractivity contribution in [3.8, 4) is 0 Å². The van der Waals surface area contributed by atoms with E-state index in [-0.39, 0.29) is 5.69 Å². The van der Waals surface area contributed by atoms with Gasteiger partial charge in [-0.3, -0.25) is 0 Å². The number of hydrogen-bond donors (Lipinski definition) is 2. The quantitative estimate of drug-likeness (QED) is 0.853. The maximum atomic E-state index is 11.2. The molecule has 5 heteroatoms. The van der Waals surface area contributed by atoms with Gasteiger partial charge in [-0.05, 0) is 24.5 Å². The summed E-state index contributed by atoms with van der Waals surface area (Å²) in [6, 6.07) is 9.43. The van der Waals surface area contributed by atoms with Crippen LogP contribution in [0, 0.1) is 6.92 Å². The maximum Gasteiger partial charge on any atom is 0.354 e. The van der Waals surface area contributed by atoms with Crippen molar-refractivity contribution in [3.05, 3.63) is 53.0 Å². The van der Waals surface area contributed by atoms with Crippen LogP contribution in [0.15, 0.2) is 30.3 Å². The van der Waals surface area contributed by atoms with Gasteiger partial charge in [-0.1, -0.05) is 31.2 Å². The van der Waals surface area contributed by atoms with E-state index in [4.69, 9.17) is 5.11 Å². The fourth-order valence-corrected chi connectivity index (χ4v) is 2.01. The smallest absolute Gasteiger partial charge is 0.354 e. The summed E-state index contributed by atoms with van der Waals surface area (Å²) in [6.07, 6.45) is 1.47. The standard InChI is InChI=1S/C16H19N3O2/c1-3-8-17-14-10-13(16(20)21)18-15(19-14)9-12-7-5-4-6-11(12)2/h4-7,10H,3,8-9H2,1-2H3,(H,20,21)(H,17,18,19). The molecule has 5 nitrogen and oxygen atoms in total. The van der Waals surface area contributed by atoms with E-state index in [9.17, 15) is 4.79 Å². The van der Waals surface area contributed by atoms with Gasteiger partial charge in [0, 0.05) is 19.0 Å². The largest absolute Gasteiger partial charge is 0.477 e. The number of aryl methyl sites for hydroxylation is 1. The minimum Gasteiger partial charge on any atom is -0.477 e. The second-order valence-corrected chi connectivity index (χ2v) is 4.89. The summed E-state index contributed by atoms with van der Waals surface area (Å²) in [5, 5.41) is 12.3. The zero-order valence-electron chi connectivity index (χ0n) is 12.3. The number of aromatic nitrogens is 2. The number of nitrogens with one attached hydrogen (secondary N) is 1. The van der Waals surface area contributed by atoms with Crippen LogP contribution in [0.5, 0.6) is 0 Å². The van der Waals surface area contributed by atoms with E-state index in [2.05, 4.69) is 15.3 Å². The van der Waals surface area contributed by atoms with E-state index < -0.39 is 5.97 Å². The third-order valence-electron chi connectivity index (χ3n) is 3.16. The molecular weight excluding hydrogens is 266 g/mol. The number of carbonyl (C=O) groups is 1. The molecule has 0 bridgehead atoms. The Morgan fingerprint density at radius 1 is 1.29 bits per heavy atom. The molecule has 0 atom stereocenters. The predicted molar refractivity (Wildman–Crippen MR) is 81.8 cm³/mol. The minimum absolute atomic E-state index is 0.0205. The highest BCUT2D eigenvalue weighted by atomic mass is 16.4. The van der Waals surface area contributed by atoms with E-state index >= 15 is 0 Å². The van der Waals surface area contributed by atoms with Crippen molar-refractivity contribution in [1.82, 2.24) is 9.97 Å². The number of hydrogen-bond acceptors (Lipinski definition) is 4. The van der Waals surface area contributed by atoms with Crippen LogP contribution in [0.2, 0.25) is 0 Å². The maximum absolute atomic E-state index is 11.2. The molecule has 0 aliphatic rings. The topological polar surface area (TPSA) is 75.1 Å². The van der Waals surface area contributed by atoms with Crippen LogP contribution in [0.1, 0.15) is 40.8 Å². The Morgan fingerprint density at radius 2 is 2.05 bits per heavy atom. The van der Waals surface area contributed by atoms with Gasteiger partial charge in [0.25, 0.3) is 0 Å². The highest BCUT2D eigenvalue weighted by Crippen LogP contribution is 2.14. The number of carboxylic acid groups (broad SMARTS) is 1. The zero-order chi connectivity index (χ0) is 15.2. The lowest BCUT2D eigenvalue weighted by molar-refractivity contribution is 0.0690. The Kier molecular flexibility index (Phi) is 4.87. The van der Waals surface area contributed by atoms with E-state index in [0.29, 0.717) is 18.1 Å². The molecule has 0 amide bonds. The first kappa shape index (κ1) is 15.0. The van der Waals surface area contributed by atoms with E-state index in [1.165, 1.54) is 6.07 Å². The van der Waals surface area contributed by atoms with Gasteiger partial charge in [0.2, 0.25) is 0 Å². The van der Waals surface area contributed by atoms with Crippen LogP contribution in [0.4, 0.5) is 5.82 Å². The molecule has 0 aliphatic carbocycles. The second kappa shape index (κ2) is 6.83. The summed E-state index contributed by atoms with van der Waals surface area (Å²) < 4.78 is 0. The Balaban J connectivity index is 2.31. The summed E-state index contributed by atoms with van der Waals surface area (Å²) in [5.41, 5.74) is 2.26. The number of aromatic carboxylic acids is 1. The van der Waals surface area contributed by atoms with Gasteiger partial charge in [-0.2, -0.15) is 0 Å². The molecule has 0 saturated carbocycles. The summed E-state index contributed by atoms with van der Waals surface area (Å²) in [7, 11) is 0. The van der Waals surface area contributed by atoms with E-state index in [1.807, 2.05) is 38.1 Å². The number of rotatable bonds is 6. The van der Waals surface area contributed by atoms with E-state index in [0.717, 1.165) is 24.1 Å². The fourth-order valence-electron chi connectivity index (χ4n) is 2.01. The number of anilines is 1. The van der Waals surface area contributed by atoms with Crippen molar-refractivity contribution in [2.45, 2.75) is 26.7 Å². The number of nitrogens with zero attached hydrogens (tertiary/aromatic N) is 2. The van der Waals surface area contributed by atoms with Gasteiger partial charge in [-0.15, -0.1) is 0 Å². The molecule has 1 heterocycles. The van der Waals surface area contributed by atoms with Crippen LogP contribution in [0.3, 0.4) is 0 Å². The van der Waals surface area contributed by atoms with E-state index in [1.54, 1.807) is 0 Å². The van der Waals surface area contributed by atoms with Crippen LogP contribution >= 0.6 is 0 Å². The van der Waals surface area contributed by atoms with Crippen molar-refractivity contribution >= 4 is 11.8 Å². The Morgan fingerprint density at radius 3 is 2.71 bits per heavy atom. The fraction of sp³-hybridized carbons (Fsp3) is 0.312. The van der Waals surface area contributed by atoms with Crippen LogP contribution in [-0.2, 0) is 6.42 Å². The second-order valence-electron chi connectivity index (χ2n) is 4.89. The first-order valence-electron chi connectivity index (χ1n) is 6.99.